The van der Waals surface area contributed by atoms with Crippen molar-refractivity contribution < 1.29 is 17.6 Å². The quantitative estimate of drug-likeness (QED) is 0.885. The van der Waals surface area contributed by atoms with Crippen molar-refractivity contribution in [3.05, 3.63) is 48.4 Å². The lowest BCUT2D eigenvalue weighted by Crippen LogP contribution is -2.43. The number of nitrogens with zero attached hydrogens (tertiary/aromatic N) is 1. The molecule has 1 aliphatic heterocycles. The molecule has 0 aliphatic carbocycles. The number of furan rings is 1. The molecule has 134 valence electrons. The molecule has 0 bridgehead atoms. The van der Waals surface area contributed by atoms with Crippen LogP contribution in [0, 0.1) is 5.92 Å². The molecule has 3 rings (SSSR count). The maximum Gasteiger partial charge on any atom is 0.290 e. The Hall–Kier alpha value is -2.12. The Morgan fingerprint density at radius 2 is 2.04 bits per heavy atom. The van der Waals surface area contributed by atoms with E-state index in [0.29, 0.717) is 25.4 Å². The topological polar surface area (TPSA) is 79.6 Å². The van der Waals surface area contributed by atoms with Gasteiger partial charge in [-0.15, -0.1) is 0 Å². The number of amides is 1. The third-order valence-corrected chi connectivity index (χ3v) is 5.08. The standard InChI is InChI=1S/C18H22N2O4S/c1-25(22,23)19-12-14-6-5-10-20(13-14)18(21)17-16(9-11-24-17)15-7-3-2-4-8-15/h2-4,7-9,11,14,19H,5-6,10,12-13H2,1H3/t14-/m0/s1. The van der Waals surface area contributed by atoms with E-state index < -0.39 is 10.0 Å². The SMILES string of the molecule is CS(=O)(=O)NC[C@@H]1CCCN(C(=O)c2occc2-c2ccccc2)C1. The first-order valence-electron chi connectivity index (χ1n) is 8.31. The first kappa shape index (κ1) is 17.7. The Labute approximate surface area is 147 Å². The minimum Gasteiger partial charge on any atom is -0.459 e. The van der Waals surface area contributed by atoms with Crippen LogP contribution in [0.3, 0.4) is 0 Å². The number of sulfonamides is 1. The van der Waals surface area contributed by atoms with Crippen LogP contribution in [0.1, 0.15) is 23.4 Å². The number of piperidine rings is 1. The minimum atomic E-state index is -3.22. The van der Waals surface area contributed by atoms with Crippen LogP contribution >= 0.6 is 0 Å². The third kappa shape index (κ3) is 4.49. The molecule has 1 atom stereocenters. The van der Waals surface area contributed by atoms with Gasteiger partial charge in [-0.2, -0.15) is 0 Å². The fourth-order valence-corrected chi connectivity index (χ4v) is 3.69. The summed E-state index contributed by atoms with van der Waals surface area (Å²) in [5.41, 5.74) is 1.72. The van der Waals surface area contributed by atoms with E-state index in [9.17, 15) is 13.2 Å². The van der Waals surface area contributed by atoms with Crippen LogP contribution in [-0.4, -0.2) is 45.1 Å². The molecule has 0 saturated carbocycles. The highest BCUT2D eigenvalue weighted by atomic mass is 32.2. The lowest BCUT2D eigenvalue weighted by atomic mass is 9.97. The summed E-state index contributed by atoms with van der Waals surface area (Å²) in [6.45, 7) is 1.53. The summed E-state index contributed by atoms with van der Waals surface area (Å²) in [5, 5.41) is 0. The van der Waals surface area contributed by atoms with Crippen molar-refractivity contribution >= 4 is 15.9 Å². The second kappa shape index (κ2) is 7.41. The molecule has 2 aromatic rings. The molecule has 25 heavy (non-hydrogen) atoms. The summed E-state index contributed by atoms with van der Waals surface area (Å²) in [4.78, 5) is 14.6. The molecule has 0 unspecified atom stereocenters. The molecule has 2 heterocycles. The van der Waals surface area contributed by atoms with Gasteiger partial charge in [-0.3, -0.25) is 4.79 Å². The molecule has 1 fully saturated rings. The molecule has 6 nitrogen and oxygen atoms in total. The van der Waals surface area contributed by atoms with Crippen LogP contribution in [0.5, 0.6) is 0 Å². The Kier molecular flexibility index (Phi) is 5.24. The molecule has 1 saturated heterocycles. The van der Waals surface area contributed by atoms with Gasteiger partial charge in [0.05, 0.1) is 12.5 Å². The fraction of sp³-hybridized carbons (Fsp3) is 0.389. The van der Waals surface area contributed by atoms with Gasteiger partial charge in [-0.05, 0) is 30.4 Å². The van der Waals surface area contributed by atoms with Crippen LogP contribution in [0.25, 0.3) is 11.1 Å². The summed E-state index contributed by atoms with van der Waals surface area (Å²) in [6, 6.07) is 11.5. The largest absolute Gasteiger partial charge is 0.459 e. The number of hydrogen-bond acceptors (Lipinski definition) is 4. The maximum atomic E-state index is 12.9. The summed E-state index contributed by atoms with van der Waals surface area (Å²) in [6.07, 6.45) is 4.43. The van der Waals surface area contributed by atoms with Gasteiger partial charge in [0.15, 0.2) is 5.76 Å². The predicted octanol–water partition coefficient (Wildman–Crippen LogP) is 2.35. The number of likely N-dealkylation sites (tertiary alicyclic amines) is 1. The van der Waals surface area contributed by atoms with Crippen molar-refractivity contribution in [3.63, 3.8) is 0 Å². The Bertz CT molecular complexity index is 830. The maximum absolute atomic E-state index is 12.9. The van der Waals surface area contributed by atoms with Crippen molar-refractivity contribution in [2.24, 2.45) is 5.92 Å². The molecular weight excluding hydrogens is 340 g/mol. The van der Waals surface area contributed by atoms with Crippen molar-refractivity contribution in [1.82, 2.24) is 9.62 Å². The number of nitrogens with one attached hydrogen (secondary N) is 1. The van der Waals surface area contributed by atoms with Crippen LogP contribution in [0.4, 0.5) is 0 Å². The molecule has 1 aromatic heterocycles. The van der Waals surface area contributed by atoms with E-state index in [1.807, 2.05) is 30.3 Å². The highest BCUT2D eigenvalue weighted by molar-refractivity contribution is 7.88. The van der Waals surface area contributed by atoms with E-state index in [1.54, 1.807) is 11.0 Å². The van der Waals surface area contributed by atoms with Crippen molar-refractivity contribution in [3.8, 4) is 11.1 Å². The van der Waals surface area contributed by atoms with Gasteiger partial charge < -0.3 is 9.32 Å². The number of carbonyl (C=O) groups excluding carboxylic acids is 1. The summed E-state index contributed by atoms with van der Waals surface area (Å²) in [7, 11) is -3.22. The zero-order valence-corrected chi connectivity index (χ0v) is 15.0. The molecular formula is C18H22N2O4S. The van der Waals surface area contributed by atoms with E-state index in [4.69, 9.17) is 4.42 Å². The highest BCUT2D eigenvalue weighted by Crippen LogP contribution is 2.27. The van der Waals surface area contributed by atoms with Crippen molar-refractivity contribution in [1.29, 1.82) is 0 Å². The lowest BCUT2D eigenvalue weighted by Gasteiger charge is -2.32. The number of carbonyl (C=O) groups is 1. The van der Waals surface area contributed by atoms with E-state index in [0.717, 1.165) is 30.2 Å². The van der Waals surface area contributed by atoms with E-state index in [1.165, 1.54) is 6.26 Å². The molecule has 1 aromatic carbocycles. The molecule has 1 N–H and O–H groups in total. The van der Waals surface area contributed by atoms with Crippen LogP contribution in [0.2, 0.25) is 0 Å². The average Bonchev–Trinajstić information content (AvgIpc) is 3.09. The first-order valence-corrected chi connectivity index (χ1v) is 10.2. The second-order valence-corrected chi connectivity index (χ2v) is 8.24. The Balaban J connectivity index is 1.72. The normalized spacial score (nSPS) is 18.3. The summed E-state index contributed by atoms with van der Waals surface area (Å²) in [5.74, 6) is 0.304. The zero-order chi connectivity index (χ0) is 17.9. The summed E-state index contributed by atoms with van der Waals surface area (Å²) >= 11 is 0. The van der Waals surface area contributed by atoms with E-state index in [2.05, 4.69) is 4.72 Å². The lowest BCUT2D eigenvalue weighted by molar-refractivity contribution is 0.0645. The highest BCUT2D eigenvalue weighted by Gasteiger charge is 2.28. The first-order chi connectivity index (χ1) is 11.9. The van der Waals surface area contributed by atoms with Crippen molar-refractivity contribution in [2.75, 3.05) is 25.9 Å². The van der Waals surface area contributed by atoms with Crippen LogP contribution < -0.4 is 4.72 Å². The van der Waals surface area contributed by atoms with Gasteiger partial charge >= 0.3 is 0 Å². The molecule has 0 radical (unpaired) electrons. The van der Waals surface area contributed by atoms with E-state index >= 15 is 0 Å². The smallest absolute Gasteiger partial charge is 0.290 e. The van der Waals surface area contributed by atoms with Crippen molar-refractivity contribution in [2.45, 2.75) is 12.8 Å². The molecule has 0 spiro atoms. The number of hydrogen-bond donors (Lipinski definition) is 1. The third-order valence-electron chi connectivity index (χ3n) is 4.38. The van der Waals surface area contributed by atoms with Gasteiger partial charge in [0.1, 0.15) is 0 Å². The Morgan fingerprint density at radius 1 is 1.28 bits per heavy atom. The minimum absolute atomic E-state index is 0.113. The van der Waals surface area contributed by atoms with Gasteiger partial charge in [-0.1, -0.05) is 30.3 Å². The second-order valence-electron chi connectivity index (χ2n) is 6.41. The van der Waals surface area contributed by atoms with Crippen LogP contribution in [-0.2, 0) is 10.0 Å². The number of benzene rings is 1. The van der Waals surface area contributed by atoms with Gasteiger partial charge in [0, 0.05) is 25.2 Å². The van der Waals surface area contributed by atoms with Gasteiger partial charge in [0.25, 0.3) is 5.91 Å². The van der Waals surface area contributed by atoms with Gasteiger partial charge in [0.2, 0.25) is 10.0 Å². The summed E-state index contributed by atoms with van der Waals surface area (Å²) < 4.78 is 30.6. The number of rotatable bonds is 5. The van der Waals surface area contributed by atoms with Crippen LogP contribution in [0.15, 0.2) is 47.1 Å². The average molecular weight is 362 g/mol. The monoisotopic (exact) mass is 362 g/mol. The zero-order valence-electron chi connectivity index (χ0n) is 14.1. The molecule has 1 aliphatic rings. The fourth-order valence-electron chi connectivity index (χ4n) is 3.15. The van der Waals surface area contributed by atoms with E-state index in [-0.39, 0.29) is 11.8 Å². The molecule has 7 heteroatoms. The van der Waals surface area contributed by atoms with Gasteiger partial charge in [-0.25, -0.2) is 13.1 Å². The molecule has 1 amide bonds. The predicted molar refractivity (Wildman–Crippen MR) is 95.6 cm³/mol. The Morgan fingerprint density at radius 3 is 2.76 bits per heavy atom.